The van der Waals surface area contributed by atoms with E-state index in [-0.39, 0.29) is 18.1 Å². The van der Waals surface area contributed by atoms with Crippen LogP contribution in [-0.4, -0.2) is 51.0 Å². The van der Waals surface area contributed by atoms with Gasteiger partial charge in [0.15, 0.2) is 0 Å². The van der Waals surface area contributed by atoms with E-state index in [1.807, 2.05) is 0 Å². The monoisotopic (exact) mass is 214 g/mol. The summed E-state index contributed by atoms with van der Waals surface area (Å²) in [6.07, 6.45) is 1.70. The van der Waals surface area contributed by atoms with E-state index in [1.165, 1.54) is 0 Å². The maximum absolute atomic E-state index is 11.7. The molecular weight excluding hydrogens is 196 g/mol. The second kappa shape index (κ2) is 5.44. The summed E-state index contributed by atoms with van der Waals surface area (Å²) in [5.41, 5.74) is 0. The Balaban J connectivity index is 1.74. The van der Waals surface area contributed by atoms with Crippen LogP contribution in [0, 0.1) is 0 Å². The van der Waals surface area contributed by atoms with Crippen LogP contribution in [0.2, 0.25) is 0 Å². The SMILES string of the molecule is O=C(NC1CCCOC1)[C@@H]1CNCCO1. The van der Waals surface area contributed by atoms with Gasteiger partial charge in [0.1, 0.15) is 6.10 Å². The first-order valence-electron chi connectivity index (χ1n) is 5.57. The predicted molar refractivity (Wildman–Crippen MR) is 54.6 cm³/mol. The summed E-state index contributed by atoms with van der Waals surface area (Å²) in [6.45, 7) is 3.49. The molecule has 0 aliphatic carbocycles. The Morgan fingerprint density at radius 3 is 3.00 bits per heavy atom. The van der Waals surface area contributed by atoms with Gasteiger partial charge in [-0.05, 0) is 12.8 Å². The van der Waals surface area contributed by atoms with E-state index in [4.69, 9.17) is 9.47 Å². The molecule has 15 heavy (non-hydrogen) atoms. The Morgan fingerprint density at radius 2 is 2.33 bits per heavy atom. The molecule has 2 aliphatic rings. The summed E-state index contributed by atoms with van der Waals surface area (Å²) in [4.78, 5) is 11.7. The number of ether oxygens (including phenoxy) is 2. The van der Waals surface area contributed by atoms with Crippen LogP contribution >= 0.6 is 0 Å². The molecule has 1 amide bonds. The van der Waals surface area contributed by atoms with Gasteiger partial charge in [0.25, 0.3) is 5.91 Å². The molecule has 0 aromatic carbocycles. The lowest BCUT2D eigenvalue weighted by atomic mass is 10.1. The average molecular weight is 214 g/mol. The molecule has 5 heteroatoms. The van der Waals surface area contributed by atoms with Gasteiger partial charge in [-0.1, -0.05) is 0 Å². The molecule has 0 saturated carbocycles. The van der Waals surface area contributed by atoms with E-state index in [0.717, 1.165) is 26.0 Å². The van der Waals surface area contributed by atoms with Gasteiger partial charge in [-0.2, -0.15) is 0 Å². The molecule has 0 bridgehead atoms. The quantitative estimate of drug-likeness (QED) is 0.636. The molecule has 2 heterocycles. The number of carbonyl (C=O) groups is 1. The molecule has 2 atom stereocenters. The van der Waals surface area contributed by atoms with Crippen LogP contribution in [0.1, 0.15) is 12.8 Å². The first-order valence-corrected chi connectivity index (χ1v) is 5.57. The van der Waals surface area contributed by atoms with Gasteiger partial charge < -0.3 is 20.1 Å². The van der Waals surface area contributed by atoms with Crippen molar-refractivity contribution >= 4 is 5.91 Å². The summed E-state index contributed by atoms with van der Waals surface area (Å²) < 4.78 is 10.7. The first kappa shape index (κ1) is 10.9. The Morgan fingerprint density at radius 1 is 1.40 bits per heavy atom. The Labute approximate surface area is 89.5 Å². The maximum Gasteiger partial charge on any atom is 0.250 e. The lowest BCUT2D eigenvalue weighted by Crippen LogP contribution is -2.51. The van der Waals surface area contributed by atoms with Gasteiger partial charge in [-0.25, -0.2) is 0 Å². The second-order valence-corrected chi connectivity index (χ2v) is 3.99. The van der Waals surface area contributed by atoms with Crippen molar-refractivity contribution in [2.75, 3.05) is 32.9 Å². The molecule has 2 fully saturated rings. The van der Waals surface area contributed by atoms with E-state index in [0.29, 0.717) is 19.8 Å². The molecule has 0 aromatic heterocycles. The van der Waals surface area contributed by atoms with Crippen LogP contribution in [0.15, 0.2) is 0 Å². The van der Waals surface area contributed by atoms with Crippen molar-refractivity contribution in [1.82, 2.24) is 10.6 Å². The zero-order valence-corrected chi connectivity index (χ0v) is 8.83. The van der Waals surface area contributed by atoms with Gasteiger partial charge in [0.2, 0.25) is 0 Å². The lowest BCUT2D eigenvalue weighted by molar-refractivity contribution is -0.135. The zero-order chi connectivity index (χ0) is 10.5. The highest BCUT2D eigenvalue weighted by molar-refractivity contribution is 5.81. The van der Waals surface area contributed by atoms with Gasteiger partial charge in [-0.3, -0.25) is 4.79 Å². The number of nitrogens with one attached hydrogen (secondary N) is 2. The Kier molecular flexibility index (Phi) is 3.94. The highest BCUT2D eigenvalue weighted by atomic mass is 16.5. The van der Waals surface area contributed by atoms with Crippen molar-refractivity contribution in [3.05, 3.63) is 0 Å². The summed E-state index contributed by atoms with van der Waals surface area (Å²) in [5, 5.41) is 6.10. The fraction of sp³-hybridized carbons (Fsp3) is 0.900. The largest absolute Gasteiger partial charge is 0.379 e. The average Bonchev–Trinajstić information content (AvgIpc) is 2.31. The smallest absolute Gasteiger partial charge is 0.250 e. The van der Waals surface area contributed by atoms with Gasteiger partial charge in [-0.15, -0.1) is 0 Å². The van der Waals surface area contributed by atoms with E-state index in [2.05, 4.69) is 10.6 Å². The van der Waals surface area contributed by atoms with Crippen LogP contribution in [0.4, 0.5) is 0 Å². The first-order chi connectivity index (χ1) is 7.36. The number of carbonyl (C=O) groups excluding carboxylic acids is 1. The normalized spacial score (nSPS) is 32.3. The predicted octanol–water partition coefficient (Wildman–Crippen LogP) is -0.730. The highest BCUT2D eigenvalue weighted by Gasteiger charge is 2.24. The number of amides is 1. The van der Waals surface area contributed by atoms with Crippen molar-refractivity contribution < 1.29 is 14.3 Å². The molecular formula is C10H18N2O3. The highest BCUT2D eigenvalue weighted by Crippen LogP contribution is 2.06. The number of morpholine rings is 1. The van der Waals surface area contributed by atoms with Crippen molar-refractivity contribution in [3.8, 4) is 0 Å². The molecule has 1 unspecified atom stereocenters. The van der Waals surface area contributed by atoms with E-state index in [9.17, 15) is 4.79 Å². The molecule has 0 aromatic rings. The summed E-state index contributed by atoms with van der Waals surface area (Å²) >= 11 is 0. The molecule has 0 spiro atoms. The minimum Gasteiger partial charge on any atom is -0.379 e. The minimum atomic E-state index is -0.333. The fourth-order valence-corrected chi connectivity index (χ4v) is 1.88. The van der Waals surface area contributed by atoms with Crippen molar-refractivity contribution in [3.63, 3.8) is 0 Å². The third-order valence-electron chi connectivity index (χ3n) is 2.73. The molecule has 86 valence electrons. The molecule has 0 radical (unpaired) electrons. The van der Waals surface area contributed by atoms with E-state index < -0.39 is 0 Å². The van der Waals surface area contributed by atoms with Crippen LogP contribution in [0.3, 0.4) is 0 Å². The van der Waals surface area contributed by atoms with Crippen LogP contribution in [-0.2, 0) is 14.3 Å². The lowest BCUT2D eigenvalue weighted by Gasteiger charge is -2.27. The zero-order valence-electron chi connectivity index (χ0n) is 8.83. The van der Waals surface area contributed by atoms with Crippen molar-refractivity contribution in [2.45, 2.75) is 25.0 Å². The van der Waals surface area contributed by atoms with Crippen molar-refractivity contribution in [1.29, 1.82) is 0 Å². The number of rotatable bonds is 2. The maximum atomic E-state index is 11.7. The Bertz CT molecular complexity index is 211. The van der Waals surface area contributed by atoms with Crippen LogP contribution < -0.4 is 10.6 Å². The summed E-state index contributed by atoms with van der Waals surface area (Å²) in [6, 6.07) is 0.164. The molecule has 5 nitrogen and oxygen atoms in total. The standard InChI is InChI=1S/C10H18N2O3/c13-10(9-6-11-3-5-15-9)12-8-2-1-4-14-7-8/h8-9,11H,1-7H2,(H,12,13)/t8?,9-/m0/s1. The number of hydrogen-bond acceptors (Lipinski definition) is 4. The van der Waals surface area contributed by atoms with Gasteiger partial charge >= 0.3 is 0 Å². The van der Waals surface area contributed by atoms with Crippen molar-refractivity contribution in [2.24, 2.45) is 0 Å². The Hall–Kier alpha value is -0.650. The third-order valence-corrected chi connectivity index (χ3v) is 2.73. The molecule has 2 saturated heterocycles. The minimum absolute atomic E-state index is 0.0160. The fourth-order valence-electron chi connectivity index (χ4n) is 1.88. The molecule has 2 rings (SSSR count). The van der Waals surface area contributed by atoms with Crippen LogP contribution in [0.25, 0.3) is 0 Å². The van der Waals surface area contributed by atoms with Crippen LogP contribution in [0.5, 0.6) is 0 Å². The molecule has 2 N–H and O–H groups in total. The van der Waals surface area contributed by atoms with E-state index >= 15 is 0 Å². The third kappa shape index (κ3) is 3.15. The molecule has 2 aliphatic heterocycles. The topological polar surface area (TPSA) is 59.6 Å². The van der Waals surface area contributed by atoms with E-state index in [1.54, 1.807) is 0 Å². The van der Waals surface area contributed by atoms with Gasteiger partial charge in [0.05, 0.1) is 19.3 Å². The second-order valence-electron chi connectivity index (χ2n) is 3.99. The number of hydrogen-bond donors (Lipinski definition) is 2. The summed E-state index contributed by atoms with van der Waals surface area (Å²) in [5.74, 6) is -0.0160. The summed E-state index contributed by atoms with van der Waals surface area (Å²) in [7, 11) is 0. The van der Waals surface area contributed by atoms with Gasteiger partial charge in [0, 0.05) is 19.7 Å².